The molecule has 0 bridgehead atoms. The topological polar surface area (TPSA) is 39.8 Å². The van der Waals surface area contributed by atoms with Crippen LogP contribution < -0.4 is 5.69 Å². The zero-order valence-corrected chi connectivity index (χ0v) is 9.34. The molecule has 4 nitrogen and oxygen atoms in total. The number of imidazole rings is 1. The molecule has 84 valence electrons. The number of rotatable bonds is 4. The van der Waals surface area contributed by atoms with Crippen molar-refractivity contribution in [3.8, 4) is 0 Å². The quantitative estimate of drug-likeness (QED) is 0.774. The van der Waals surface area contributed by atoms with Crippen LogP contribution in [0.3, 0.4) is 0 Å². The minimum atomic E-state index is 0.0663. The highest BCUT2D eigenvalue weighted by Gasteiger charge is 2.01. The van der Waals surface area contributed by atoms with Crippen LogP contribution in [-0.2, 0) is 19.5 Å². The van der Waals surface area contributed by atoms with Gasteiger partial charge in [-0.1, -0.05) is 0 Å². The smallest absolute Gasteiger partial charge is 0.300 e. The lowest BCUT2D eigenvalue weighted by molar-refractivity contribution is 0.626. The van der Waals surface area contributed by atoms with E-state index in [1.165, 1.54) is 5.56 Å². The van der Waals surface area contributed by atoms with Gasteiger partial charge in [0.1, 0.15) is 0 Å². The van der Waals surface area contributed by atoms with Crippen molar-refractivity contribution in [3.05, 3.63) is 53.0 Å². The fourth-order valence-corrected chi connectivity index (χ4v) is 1.66. The number of aromatic nitrogens is 3. The van der Waals surface area contributed by atoms with Crippen molar-refractivity contribution in [2.45, 2.75) is 26.4 Å². The standard InChI is InChI=1S/C12H15N3O/c1-2-14-9-10-15(12(14)16)8-5-11-3-6-13-7-4-11/h3-4,6-7,9-10H,2,5,8H2,1H3. The van der Waals surface area contributed by atoms with E-state index in [2.05, 4.69) is 4.98 Å². The second-order valence-electron chi connectivity index (χ2n) is 3.67. The summed E-state index contributed by atoms with van der Waals surface area (Å²) >= 11 is 0. The maximum absolute atomic E-state index is 11.7. The zero-order chi connectivity index (χ0) is 11.4. The number of hydrogen-bond donors (Lipinski definition) is 0. The van der Waals surface area contributed by atoms with Gasteiger partial charge in [0, 0.05) is 37.9 Å². The lowest BCUT2D eigenvalue weighted by Crippen LogP contribution is -2.24. The van der Waals surface area contributed by atoms with Gasteiger partial charge in [0.2, 0.25) is 0 Å². The van der Waals surface area contributed by atoms with Crippen LogP contribution in [0.2, 0.25) is 0 Å². The van der Waals surface area contributed by atoms with E-state index >= 15 is 0 Å². The van der Waals surface area contributed by atoms with Gasteiger partial charge >= 0.3 is 5.69 Å². The van der Waals surface area contributed by atoms with Crippen molar-refractivity contribution >= 4 is 0 Å². The van der Waals surface area contributed by atoms with Crippen LogP contribution in [0.15, 0.2) is 41.7 Å². The van der Waals surface area contributed by atoms with E-state index in [-0.39, 0.29) is 5.69 Å². The summed E-state index contributed by atoms with van der Waals surface area (Å²) in [6, 6.07) is 3.95. The third-order valence-electron chi connectivity index (χ3n) is 2.65. The molecular formula is C12H15N3O. The molecule has 0 saturated carbocycles. The average molecular weight is 217 g/mol. The molecule has 2 heterocycles. The highest BCUT2D eigenvalue weighted by atomic mass is 16.1. The highest BCUT2D eigenvalue weighted by molar-refractivity contribution is 5.09. The fraction of sp³-hybridized carbons (Fsp3) is 0.333. The van der Waals surface area contributed by atoms with E-state index in [0.29, 0.717) is 0 Å². The Kier molecular flexibility index (Phi) is 3.19. The Balaban J connectivity index is 2.05. The molecule has 0 aliphatic heterocycles. The molecule has 0 unspecified atom stereocenters. The molecule has 0 spiro atoms. The summed E-state index contributed by atoms with van der Waals surface area (Å²) in [5, 5.41) is 0. The molecular weight excluding hydrogens is 202 g/mol. The molecule has 0 N–H and O–H groups in total. The molecule has 0 aliphatic carbocycles. The molecule has 2 aromatic heterocycles. The van der Waals surface area contributed by atoms with Gasteiger partial charge in [0.05, 0.1) is 0 Å². The predicted octanol–water partition coefficient (Wildman–Crippen LogP) is 1.31. The fourth-order valence-electron chi connectivity index (χ4n) is 1.66. The minimum absolute atomic E-state index is 0.0663. The van der Waals surface area contributed by atoms with Crippen molar-refractivity contribution in [1.29, 1.82) is 0 Å². The first kappa shape index (κ1) is 10.7. The van der Waals surface area contributed by atoms with Gasteiger partial charge in [-0.15, -0.1) is 0 Å². The van der Waals surface area contributed by atoms with Crippen molar-refractivity contribution in [2.24, 2.45) is 0 Å². The van der Waals surface area contributed by atoms with E-state index in [1.54, 1.807) is 21.5 Å². The molecule has 0 atom stereocenters. The summed E-state index contributed by atoms with van der Waals surface area (Å²) in [4.78, 5) is 15.7. The van der Waals surface area contributed by atoms with Crippen molar-refractivity contribution in [3.63, 3.8) is 0 Å². The normalized spacial score (nSPS) is 10.6. The summed E-state index contributed by atoms with van der Waals surface area (Å²) in [6.45, 7) is 3.41. The van der Waals surface area contributed by atoms with Gasteiger partial charge in [-0.25, -0.2) is 4.79 Å². The zero-order valence-electron chi connectivity index (χ0n) is 9.34. The van der Waals surface area contributed by atoms with E-state index in [9.17, 15) is 4.79 Å². The Morgan fingerprint density at radius 1 is 1.19 bits per heavy atom. The first-order valence-corrected chi connectivity index (χ1v) is 5.45. The molecule has 0 amide bonds. The maximum Gasteiger partial charge on any atom is 0.328 e. The van der Waals surface area contributed by atoms with E-state index in [0.717, 1.165) is 19.5 Å². The average Bonchev–Trinajstić information content (AvgIpc) is 2.69. The third kappa shape index (κ3) is 2.21. The Labute approximate surface area is 94.2 Å². The van der Waals surface area contributed by atoms with Gasteiger partial charge in [0.15, 0.2) is 0 Å². The van der Waals surface area contributed by atoms with Crippen LogP contribution in [0.1, 0.15) is 12.5 Å². The van der Waals surface area contributed by atoms with Gasteiger partial charge in [-0.2, -0.15) is 0 Å². The van der Waals surface area contributed by atoms with E-state index < -0.39 is 0 Å². The second kappa shape index (κ2) is 4.79. The number of aryl methyl sites for hydroxylation is 3. The van der Waals surface area contributed by atoms with Crippen molar-refractivity contribution < 1.29 is 0 Å². The molecule has 2 aromatic rings. The lowest BCUT2D eigenvalue weighted by atomic mass is 10.2. The summed E-state index contributed by atoms with van der Waals surface area (Å²) in [7, 11) is 0. The van der Waals surface area contributed by atoms with Gasteiger partial charge in [-0.3, -0.25) is 14.1 Å². The molecule has 4 heteroatoms. The number of pyridine rings is 1. The van der Waals surface area contributed by atoms with Crippen molar-refractivity contribution in [1.82, 2.24) is 14.1 Å². The summed E-state index contributed by atoms with van der Waals surface area (Å²) < 4.78 is 3.44. The largest absolute Gasteiger partial charge is 0.328 e. The Bertz CT molecular complexity index is 498. The van der Waals surface area contributed by atoms with Crippen LogP contribution in [0.25, 0.3) is 0 Å². The third-order valence-corrected chi connectivity index (χ3v) is 2.65. The second-order valence-corrected chi connectivity index (χ2v) is 3.67. The van der Waals surface area contributed by atoms with Gasteiger partial charge in [-0.05, 0) is 31.0 Å². The number of hydrogen-bond acceptors (Lipinski definition) is 2. The maximum atomic E-state index is 11.7. The summed E-state index contributed by atoms with van der Waals surface area (Å²) in [5.74, 6) is 0. The first-order valence-electron chi connectivity index (χ1n) is 5.45. The molecule has 0 aromatic carbocycles. The minimum Gasteiger partial charge on any atom is -0.300 e. The van der Waals surface area contributed by atoms with Crippen molar-refractivity contribution in [2.75, 3.05) is 0 Å². The van der Waals surface area contributed by atoms with Crippen LogP contribution in [0.4, 0.5) is 0 Å². The SMILES string of the molecule is CCn1ccn(CCc2ccncc2)c1=O. The van der Waals surface area contributed by atoms with Gasteiger partial charge in [0.25, 0.3) is 0 Å². The first-order chi connectivity index (χ1) is 7.81. The summed E-state index contributed by atoms with van der Waals surface area (Å²) in [5.41, 5.74) is 1.27. The summed E-state index contributed by atoms with van der Waals surface area (Å²) in [6.07, 6.45) is 8.07. The van der Waals surface area contributed by atoms with E-state index in [1.807, 2.05) is 31.5 Å². The predicted molar refractivity (Wildman–Crippen MR) is 62.3 cm³/mol. The molecule has 0 radical (unpaired) electrons. The Morgan fingerprint density at radius 2 is 1.88 bits per heavy atom. The molecule has 16 heavy (non-hydrogen) atoms. The molecule has 0 saturated heterocycles. The molecule has 0 aliphatic rings. The van der Waals surface area contributed by atoms with Crippen LogP contribution in [-0.4, -0.2) is 14.1 Å². The molecule has 0 fully saturated rings. The van der Waals surface area contributed by atoms with Gasteiger partial charge < -0.3 is 0 Å². The van der Waals surface area contributed by atoms with Crippen LogP contribution in [0, 0.1) is 0 Å². The highest BCUT2D eigenvalue weighted by Crippen LogP contribution is 1.99. The van der Waals surface area contributed by atoms with Crippen LogP contribution >= 0.6 is 0 Å². The van der Waals surface area contributed by atoms with E-state index in [4.69, 9.17) is 0 Å². The monoisotopic (exact) mass is 217 g/mol. The lowest BCUT2D eigenvalue weighted by Gasteiger charge is -2.01. The van der Waals surface area contributed by atoms with Crippen LogP contribution in [0.5, 0.6) is 0 Å². The Hall–Kier alpha value is -1.84. The number of nitrogens with zero attached hydrogens (tertiary/aromatic N) is 3. The molecule has 2 rings (SSSR count). The Morgan fingerprint density at radius 3 is 2.50 bits per heavy atom.